The van der Waals surface area contributed by atoms with Crippen molar-refractivity contribution < 1.29 is 28.3 Å². The van der Waals surface area contributed by atoms with E-state index in [4.69, 9.17) is 5.11 Å². The first-order valence-electron chi connectivity index (χ1n) is 6.19. The fourth-order valence-corrected chi connectivity index (χ4v) is 1.98. The van der Waals surface area contributed by atoms with Gasteiger partial charge in [0.2, 0.25) is 0 Å². The summed E-state index contributed by atoms with van der Waals surface area (Å²) in [4.78, 5) is 10.8. The summed E-state index contributed by atoms with van der Waals surface area (Å²) in [6.45, 7) is 3.17. The van der Waals surface area contributed by atoms with Gasteiger partial charge in [0.15, 0.2) is 0 Å². The minimum absolute atomic E-state index is 0.141. The molecule has 0 aliphatic heterocycles. The summed E-state index contributed by atoms with van der Waals surface area (Å²) in [5.74, 6) is -0.557. The highest BCUT2D eigenvalue weighted by Gasteiger charge is 2.31. The molecular formula is C14H16F3NO3. The van der Waals surface area contributed by atoms with Crippen molar-refractivity contribution in [3.63, 3.8) is 0 Å². The largest absolute Gasteiger partial charge is 0.463 e. The van der Waals surface area contributed by atoms with Crippen LogP contribution in [-0.2, 0) is 6.18 Å². The Morgan fingerprint density at radius 2 is 1.81 bits per heavy atom. The number of rotatable bonds is 4. The Morgan fingerprint density at radius 3 is 2.19 bits per heavy atom. The Morgan fingerprint density at radius 1 is 1.29 bits per heavy atom. The highest BCUT2D eigenvalue weighted by atomic mass is 19.4. The third-order valence-corrected chi connectivity index (χ3v) is 3.12. The van der Waals surface area contributed by atoms with Crippen molar-refractivity contribution in [3.8, 4) is 0 Å². The molecule has 0 spiro atoms. The number of carboxylic acid groups (broad SMARTS) is 1. The maximum atomic E-state index is 12.5. The highest BCUT2D eigenvalue weighted by Crippen LogP contribution is 2.31. The molecule has 2 N–H and O–H groups in total. The van der Waals surface area contributed by atoms with E-state index in [1.54, 1.807) is 19.1 Å². The average Bonchev–Trinajstić information content (AvgIpc) is 2.42. The lowest BCUT2D eigenvalue weighted by Gasteiger charge is -2.26. The van der Waals surface area contributed by atoms with E-state index >= 15 is 0 Å². The van der Waals surface area contributed by atoms with Crippen molar-refractivity contribution in [1.29, 1.82) is 0 Å². The van der Waals surface area contributed by atoms with Crippen molar-refractivity contribution in [2.75, 3.05) is 0 Å². The van der Waals surface area contributed by atoms with Gasteiger partial charge in [0.1, 0.15) is 0 Å². The fraction of sp³-hybridized carbons (Fsp3) is 0.357. The number of carbonyl (C=O) groups is 1. The predicted octanol–water partition coefficient (Wildman–Crippen LogP) is 4.12. The van der Waals surface area contributed by atoms with Crippen LogP contribution in [0.3, 0.4) is 0 Å². The van der Waals surface area contributed by atoms with Gasteiger partial charge in [-0.25, -0.2) is 4.79 Å². The molecule has 0 radical (unpaired) electrons. The highest BCUT2D eigenvalue weighted by molar-refractivity contribution is 5.64. The number of allylic oxidation sites excluding steroid dienone is 1. The van der Waals surface area contributed by atoms with E-state index in [2.05, 4.69) is 0 Å². The first-order valence-corrected chi connectivity index (χ1v) is 6.19. The lowest BCUT2D eigenvalue weighted by Crippen LogP contribution is -2.38. The van der Waals surface area contributed by atoms with Gasteiger partial charge in [0, 0.05) is 5.92 Å². The summed E-state index contributed by atoms with van der Waals surface area (Å²) in [6, 6.07) is 3.58. The fourth-order valence-electron chi connectivity index (χ4n) is 1.98. The molecule has 4 nitrogen and oxygen atoms in total. The molecule has 0 bridgehead atoms. The predicted molar refractivity (Wildman–Crippen MR) is 70.1 cm³/mol. The Balaban J connectivity index is 3.09. The molecule has 0 saturated heterocycles. The van der Waals surface area contributed by atoms with Crippen LogP contribution < -0.4 is 0 Å². The van der Waals surface area contributed by atoms with Crippen LogP contribution in [0.25, 0.3) is 0 Å². The van der Waals surface area contributed by atoms with Gasteiger partial charge in [-0.2, -0.15) is 18.2 Å². The summed E-state index contributed by atoms with van der Waals surface area (Å²) >= 11 is 0. The van der Waals surface area contributed by atoms with Gasteiger partial charge < -0.3 is 5.11 Å². The molecule has 0 saturated carbocycles. The summed E-state index contributed by atoms with van der Waals surface area (Å²) in [7, 11) is 0. The van der Waals surface area contributed by atoms with Crippen LogP contribution in [0.1, 0.15) is 30.9 Å². The van der Waals surface area contributed by atoms with Crippen molar-refractivity contribution in [1.82, 2.24) is 5.06 Å². The molecule has 7 heteroatoms. The third-order valence-electron chi connectivity index (χ3n) is 3.12. The van der Waals surface area contributed by atoms with Crippen LogP contribution in [0.4, 0.5) is 18.0 Å². The van der Waals surface area contributed by atoms with Gasteiger partial charge in [0.25, 0.3) is 0 Å². The molecule has 0 aliphatic carbocycles. The first kappa shape index (κ1) is 17.0. The quantitative estimate of drug-likeness (QED) is 0.499. The average molecular weight is 303 g/mol. The summed E-state index contributed by atoms with van der Waals surface area (Å²) in [6.07, 6.45) is -2.68. The Bertz CT molecular complexity index is 511. The number of hydrogen-bond acceptors (Lipinski definition) is 2. The first-order chi connectivity index (χ1) is 9.68. The lowest BCUT2D eigenvalue weighted by atomic mass is 9.91. The number of amides is 1. The number of nitrogens with zero attached hydrogens (tertiary/aromatic N) is 1. The van der Waals surface area contributed by atoms with Crippen LogP contribution >= 0.6 is 0 Å². The van der Waals surface area contributed by atoms with E-state index in [1.165, 1.54) is 19.1 Å². The van der Waals surface area contributed by atoms with Crippen molar-refractivity contribution in [2.24, 2.45) is 0 Å². The van der Waals surface area contributed by atoms with Gasteiger partial charge in [-0.05, 0) is 31.5 Å². The zero-order chi connectivity index (χ0) is 16.2. The second kappa shape index (κ2) is 6.62. The van der Waals surface area contributed by atoms with E-state index in [0.717, 1.165) is 12.1 Å². The smallest absolute Gasteiger partial charge is 0.431 e. The monoisotopic (exact) mass is 303 g/mol. The van der Waals surface area contributed by atoms with E-state index in [0.29, 0.717) is 5.56 Å². The summed E-state index contributed by atoms with van der Waals surface area (Å²) < 4.78 is 37.6. The van der Waals surface area contributed by atoms with E-state index in [-0.39, 0.29) is 5.06 Å². The molecule has 0 fully saturated rings. The maximum Gasteiger partial charge on any atom is 0.431 e. The maximum absolute atomic E-state index is 12.5. The van der Waals surface area contributed by atoms with Crippen LogP contribution in [0.2, 0.25) is 0 Å². The zero-order valence-corrected chi connectivity index (χ0v) is 11.5. The number of halogens is 3. The molecule has 1 rings (SSSR count). The molecule has 21 heavy (non-hydrogen) atoms. The van der Waals surface area contributed by atoms with Crippen LogP contribution in [0.15, 0.2) is 36.4 Å². The molecule has 116 valence electrons. The molecule has 0 aromatic heterocycles. The van der Waals surface area contributed by atoms with E-state index in [1.807, 2.05) is 0 Å². The minimum atomic E-state index is -4.43. The summed E-state index contributed by atoms with van der Waals surface area (Å²) in [5.41, 5.74) is -0.300. The standard InChI is InChI=1S/C14H16F3NO3/c1-3-4-12(9(2)18(21)13(19)20)10-5-7-11(8-6-10)14(15,16)17/h3-9,12,21H,1-2H3,(H,19,20)/b4-3+/t9-,12+/m1/s1. The molecule has 0 aliphatic rings. The molecule has 0 heterocycles. The van der Waals surface area contributed by atoms with E-state index < -0.39 is 29.8 Å². The van der Waals surface area contributed by atoms with Crippen LogP contribution in [0, 0.1) is 0 Å². The Labute approximate surface area is 120 Å². The van der Waals surface area contributed by atoms with E-state index in [9.17, 15) is 23.2 Å². The molecule has 1 aromatic carbocycles. The second-order valence-electron chi connectivity index (χ2n) is 4.54. The minimum Gasteiger partial charge on any atom is -0.463 e. The zero-order valence-electron chi connectivity index (χ0n) is 11.5. The van der Waals surface area contributed by atoms with Gasteiger partial charge in [-0.1, -0.05) is 24.3 Å². The van der Waals surface area contributed by atoms with Gasteiger partial charge in [-0.3, -0.25) is 5.21 Å². The number of benzene rings is 1. The Hall–Kier alpha value is -2.02. The molecular weight excluding hydrogens is 287 g/mol. The number of hydroxylamine groups is 2. The van der Waals surface area contributed by atoms with Gasteiger partial charge >= 0.3 is 12.3 Å². The van der Waals surface area contributed by atoms with Crippen molar-refractivity contribution in [3.05, 3.63) is 47.5 Å². The molecule has 1 amide bonds. The normalized spacial score (nSPS) is 15.0. The Kier molecular flexibility index (Phi) is 5.37. The van der Waals surface area contributed by atoms with Crippen LogP contribution in [0.5, 0.6) is 0 Å². The third kappa shape index (κ3) is 4.22. The lowest BCUT2D eigenvalue weighted by molar-refractivity contribution is -0.137. The second-order valence-corrected chi connectivity index (χ2v) is 4.54. The SMILES string of the molecule is C/C=C/[C@H](c1ccc(C(F)(F)F)cc1)[C@@H](C)N(O)C(=O)O. The molecule has 1 aromatic rings. The van der Waals surface area contributed by atoms with Crippen molar-refractivity contribution >= 4 is 6.09 Å². The summed E-state index contributed by atoms with van der Waals surface area (Å²) in [5, 5.41) is 18.4. The number of hydrogen-bond donors (Lipinski definition) is 2. The van der Waals surface area contributed by atoms with Gasteiger partial charge in [0.05, 0.1) is 11.6 Å². The number of alkyl halides is 3. The topological polar surface area (TPSA) is 60.8 Å². The van der Waals surface area contributed by atoms with Crippen molar-refractivity contribution in [2.45, 2.75) is 32.0 Å². The van der Waals surface area contributed by atoms with Crippen LogP contribution in [-0.4, -0.2) is 27.5 Å². The molecule has 0 unspecified atom stereocenters. The van der Waals surface area contributed by atoms with Gasteiger partial charge in [-0.15, -0.1) is 0 Å². The molecule has 2 atom stereocenters.